The van der Waals surface area contributed by atoms with Gasteiger partial charge in [-0.2, -0.15) is 0 Å². The Morgan fingerprint density at radius 1 is 1.00 bits per heavy atom. The fourth-order valence-corrected chi connectivity index (χ4v) is 1.11. The van der Waals surface area contributed by atoms with Gasteiger partial charge in [-0.05, 0) is 22.8 Å². The van der Waals surface area contributed by atoms with Crippen LogP contribution < -0.4 is 17.2 Å². The minimum Gasteiger partial charge on any atom is -0.326 e. The number of nitrogens with two attached hydrogens (primary N) is 3. The molecule has 1 aromatic rings. The van der Waals surface area contributed by atoms with Crippen LogP contribution in [0.25, 0.3) is 0 Å². The molecule has 1 aromatic carbocycles. The highest BCUT2D eigenvalue weighted by atomic mass is 14.6. The minimum atomic E-state index is 0.473. The molecule has 0 unspecified atom stereocenters. The third-order valence-corrected chi connectivity index (χ3v) is 1.83. The zero-order valence-electron chi connectivity index (χ0n) is 7.01. The van der Waals surface area contributed by atoms with E-state index in [9.17, 15) is 0 Å². The molecule has 1 radical (unpaired) electrons. The zero-order valence-corrected chi connectivity index (χ0v) is 7.01. The lowest BCUT2D eigenvalue weighted by Crippen LogP contribution is -2.08. The maximum Gasteiger partial charge on any atom is 0.0187 e. The summed E-state index contributed by atoms with van der Waals surface area (Å²) < 4.78 is 0. The molecule has 65 valence electrons. The van der Waals surface area contributed by atoms with Crippen molar-refractivity contribution in [2.75, 3.05) is 0 Å². The van der Waals surface area contributed by atoms with Crippen molar-refractivity contribution in [1.82, 2.24) is 0 Å². The Morgan fingerprint density at radius 3 is 2.25 bits per heavy atom. The average molecular weight is 164 g/mol. The van der Waals surface area contributed by atoms with Gasteiger partial charge in [-0.3, -0.25) is 0 Å². The van der Waals surface area contributed by atoms with E-state index in [0.717, 1.165) is 16.7 Å². The lowest BCUT2D eigenvalue weighted by atomic mass is 10.0. The van der Waals surface area contributed by atoms with Crippen molar-refractivity contribution in [3.8, 4) is 0 Å². The SMILES string of the molecule is NCc1[c]c(CN)c(CN)cc1. The Bertz CT molecular complexity index is 258. The Labute approximate surface area is 72.5 Å². The van der Waals surface area contributed by atoms with Gasteiger partial charge in [0.15, 0.2) is 0 Å². The normalized spacial score (nSPS) is 10.2. The summed E-state index contributed by atoms with van der Waals surface area (Å²) >= 11 is 0. The first-order chi connectivity index (χ1) is 5.81. The van der Waals surface area contributed by atoms with Gasteiger partial charge in [-0.15, -0.1) is 0 Å². The van der Waals surface area contributed by atoms with E-state index in [2.05, 4.69) is 6.07 Å². The molecule has 0 saturated heterocycles. The Kier molecular flexibility index (Phi) is 3.22. The largest absolute Gasteiger partial charge is 0.326 e. The third kappa shape index (κ3) is 1.82. The van der Waals surface area contributed by atoms with Crippen LogP contribution in [0.2, 0.25) is 0 Å². The van der Waals surface area contributed by atoms with Gasteiger partial charge in [0, 0.05) is 19.6 Å². The molecule has 0 heterocycles. The summed E-state index contributed by atoms with van der Waals surface area (Å²) in [6, 6.07) is 7.02. The van der Waals surface area contributed by atoms with Crippen LogP contribution in [-0.2, 0) is 19.6 Å². The average Bonchev–Trinajstić information content (AvgIpc) is 2.16. The van der Waals surface area contributed by atoms with E-state index in [0.29, 0.717) is 19.6 Å². The van der Waals surface area contributed by atoms with Gasteiger partial charge in [0.05, 0.1) is 0 Å². The molecule has 0 spiro atoms. The summed E-state index contributed by atoms with van der Waals surface area (Å²) in [4.78, 5) is 0. The van der Waals surface area contributed by atoms with Gasteiger partial charge in [0.25, 0.3) is 0 Å². The second-order valence-corrected chi connectivity index (χ2v) is 2.60. The summed E-state index contributed by atoms with van der Waals surface area (Å²) in [5.41, 5.74) is 19.5. The molecule has 0 aliphatic carbocycles. The molecule has 0 fully saturated rings. The highest BCUT2D eigenvalue weighted by Gasteiger charge is 2.00. The summed E-state index contributed by atoms with van der Waals surface area (Å²) in [7, 11) is 0. The molecular weight excluding hydrogens is 150 g/mol. The molecule has 0 atom stereocenters. The number of rotatable bonds is 3. The van der Waals surface area contributed by atoms with Crippen molar-refractivity contribution in [3.63, 3.8) is 0 Å². The Balaban J connectivity index is 3.02. The van der Waals surface area contributed by atoms with Crippen LogP contribution in [-0.4, -0.2) is 0 Å². The van der Waals surface area contributed by atoms with E-state index in [4.69, 9.17) is 17.2 Å². The monoisotopic (exact) mass is 164 g/mol. The van der Waals surface area contributed by atoms with E-state index >= 15 is 0 Å². The van der Waals surface area contributed by atoms with Crippen LogP contribution in [0.3, 0.4) is 0 Å². The summed E-state index contributed by atoms with van der Waals surface area (Å²) in [6.07, 6.45) is 0. The first kappa shape index (κ1) is 9.19. The number of benzene rings is 1. The van der Waals surface area contributed by atoms with Gasteiger partial charge in [-0.25, -0.2) is 0 Å². The summed E-state index contributed by atoms with van der Waals surface area (Å²) in [6.45, 7) is 1.48. The molecule has 3 heteroatoms. The fourth-order valence-electron chi connectivity index (χ4n) is 1.11. The van der Waals surface area contributed by atoms with Crippen LogP contribution in [0.1, 0.15) is 16.7 Å². The van der Waals surface area contributed by atoms with Crippen LogP contribution in [0, 0.1) is 6.07 Å². The smallest absolute Gasteiger partial charge is 0.0187 e. The fraction of sp³-hybridized carbons (Fsp3) is 0.333. The molecule has 0 amide bonds. The van der Waals surface area contributed by atoms with Gasteiger partial charge in [0.1, 0.15) is 0 Å². The molecule has 0 aliphatic heterocycles. The standard InChI is InChI=1S/C9H14N3/c10-4-7-1-2-8(5-11)9(3-7)6-12/h1-2H,4-6,10-12H2. The quantitative estimate of drug-likeness (QED) is 0.582. The van der Waals surface area contributed by atoms with Crippen LogP contribution in [0.5, 0.6) is 0 Å². The zero-order chi connectivity index (χ0) is 8.97. The molecule has 0 saturated carbocycles. The molecular formula is C9H14N3. The lowest BCUT2D eigenvalue weighted by molar-refractivity contribution is 0.958. The second-order valence-electron chi connectivity index (χ2n) is 2.60. The summed E-state index contributed by atoms with van der Waals surface area (Å²) in [5.74, 6) is 0. The second kappa shape index (κ2) is 4.21. The van der Waals surface area contributed by atoms with E-state index in [1.54, 1.807) is 0 Å². The molecule has 12 heavy (non-hydrogen) atoms. The molecule has 3 nitrogen and oxygen atoms in total. The highest BCUT2D eigenvalue weighted by molar-refractivity contribution is 5.30. The Morgan fingerprint density at radius 2 is 1.75 bits per heavy atom. The van der Waals surface area contributed by atoms with Crippen LogP contribution in [0.15, 0.2) is 12.1 Å². The van der Waals surface area contributed by atoms with E-state index in [1.165, 1.54) is 0 Å². The molecule has 0 bridgehead atoms. The molecule has 6 N–H and O–H groups in total. The van der Waals surface area contributed by atoms with Crippen molar-refractivity contribution >= 4 is 0 Å². The maximum absolute atomic E-state index is 5.52. The minimum absolute atomic E-state index is 0.473. The van der Waals surface area contributed by atoms with Crippen molar-refractivity contribution in [2.45, 2.75) is 19.6 Å². The third-order valence-electron chi connectivity index (χ3n) is 1.83. The van der Waals surface area contributed by atoms with Crippen LogP contribution in [0.4, 0.5) is 0 Å². The summed E-state index contributed by atoms with van der Waals surface area (Å²) in [5, 5.41) is 0. The predicted octanol–water partition coefficient (Wildman–Crippen LogP) is -0.137. The molecule has 1 rings (SSSR count). The predicted molar refractivity (Wildman–Crippen MR) is 49.0 cm³/mol. The Hall–Kier alpha value is -0.900. The van der Waals surface area contributed by atoms with Crippen molar-refractivity contribution < 1.29 is 0 Å². The van der Waals surface area contributed by atoms with Crippen LogP contribution >= 0.6 is 0 Å². The topological polar surface area (TPSA) is 78.1 Å². The van der Waals surface area contributed by atoms with Gasteiger partial charge < -0.3 is 17.2 Å². The molecule has 0 aliphatic rings. The number of hydrogen-bond donors (Lipinski definition) is 3. The lowest BCUT2D eigenvalue weighted by Gasteiger charge is -2.06. The van der Waals surface area contributed by atoms with Crippen molar-refractivity contribution in [2.24, 2.45) is 17.2 Å². The maximum atomic E-state index is 5.52. The van der Waals surface area contributed by atoms with Gasteiger partial charge in [-0.1, -0.05) is 12.1 Å². The van der Waals surface area contributed by atoms with Crippen molar-refractivity contribution in [3.05, 3.63) is 34.9 Å². The van der Waals surface area contributed by atoms with E-state index in [1.807, 2.05) is 12.1 Å². The first-order valence-electron chi connectivity index (χ1n) is 3.95. The van der Waals surface area contributed by atoms with E-state index < -0.39 is 0 Å². The van der Waals surface area contributed by atoms with Crippen molar-refractivity contribution in [1.29, 1.82) is 0 Å². The number of hydrogen-bond acceptors (Lipinski definition) is 3. The first-order valence-corrected chi connectivity index (χ1v) is 3.95. The van der Waals surface area contributed by atoms with Gasteiger partial charge in [0.2, 0.25) is 0 Å². The highest BCUT2D eigenvalue weighted by Crippen LogP contribution is 2.09. The molecule has 0 aromatic heterocycles. The van der Waals surface area contributed by atoms with E-state index in [-0.39, 0.29) is 0 Å². The van der Waals surface area contributed by atoms with Gasteiger partial charge >= 0.3 is 0 Å².